The average Bonchev–Trinajstić information content (AvgIpc) is 3.15. The zero-order valence-electron chi connectivity index (χ0n) is 15.7. The van der Waals surface area contributed by atoms with E-state index in [1.807, 2.05) is 29.2 Å². The monoisotopic (exact) mass is 362 g/mol. The highest BCUT2D eigenvalue weighted by molar-refractivity contribution is 5.78. The first kappa shape index (κ1) is 17.7. The molecule has 4 rings (SSSR count). The number of benzene rings is 2. The number of carbonyl (C=O) groups is 1. The Morgan fingerprint density at radius 2 is 2.00 bits per heavy atom. The van der Waals surface area contributed by atoms with Crippen molar-refractivity contribution in [1.29, 1.82) is 0 Å². The molecule has 2 N–H and O–H groups in total. The molecule has 1 aliphatic heterocycles. The number of carbonyl (C=O) groups excluding carboxylic acids is 1. The molecule has 5 nitrogen and oxygen atoms in total. The number of rotatable bonds is 5. The number of para-hydroxylation sites is 2. The molecule has 1 amide bonds. The van der Waals surface area contributed by atoms with Crippen molar-refractivity contribution in [2.75, 3.05) is 19.6 Å². The van der Waals surface area contributed by atoms with Gasteiger partial charge in [-0.1, -0.05) is 43.3 Å². The van der Waals surface area contributed by atoms with Crippen LogP contribution in [0.2, 0.25) is 0 Å². The van der Waals surface area contributed by atoms with Crippen LogP contribution < -0.4 is 5.32 Å². The lowest BCUT2D eigenvalue weighted by Crippen LogP contribution is -2.48. The maximum Gasteiger partial charge on any atom is 0.223 e. The van der Waals surface area contributed by atoms with Crippen LogP contribution in [0, 0.1) is 0 Å². The van der Waals surface area contributed by atoms with Crippen LogP contribution in [0.5, 0.6) is 0 Å². The molecule has 0 radical (unpaired) electrons. The molecule has 0 spiro atoms. The second-order valence-electron chi connectivity index (χ2n) is 7.10. The fourth-order valence-corrected chi connectivity index (χ4v) is 3.77. The number of H-pyrrole nitrogens is 1. The lowest BCUT2D eigenvalue weighted by atomic mass is 10.0. The number of piperazine rings is 1. The molecule has 1 fully saturated rings. The van der Waals surface area contributed by atoms with Gasteiger partial charge in [-0.3, -0.25) is 4.79 Å². The van der Waals surface area contributed by atoms with Crippen molar-refractivity contribution in [3.63, 3.8) is 0 Å². The van der Waals surface area contributed by atoms with Crippen molar-refractivity contribution in [1.82, 2.24) is 20.2 Å². The Morgan fingerprint density at radius 3 is 2.78 bits per heavy atom. The summed E-state index contributed by atoms with van der Waals surface area (Å²) in [6.07, 6.45) is 2.14. The van der Waals surface area contributed by atoms with Crippen molar-refractivity contribution < 1.29 is 4.79 Å². The largest absolute Gasteiger partial charge is 0.342 e. The third kappa shape index (κ3) is 3.88. The lowest BCUT2D eigenvalue weighted by molar-refractivity contribution is -0.134. The van der Waals surface area contributed by atoms with Gasteiger partial charge in [0.05, 0.1) is 17.1 Å². The van der Waals surface area contributed by atoms with E-state index in [4.69, 9.17) is 0 Å². The molecule has 2 aromatic carbocycles. The first-order valence-electron chi connectivity index (χ1n) is 9.77. The Labute approximate surface area is 159 Å². The Hall–Kier alpha value is -2.66. The van der Waals surface area contributed by atoms with Gasteiger partial charge in [0.25, 0.3) is 0 Å². The highest BCUT2D eigenvalue weighted by atomic mass is 16.2. The van der Waals surface area contributed by atoms with Crippen LogP contribution in [0.1, 0.15) is 36.3 Å². The first-order chi connectivity index (χ1) is 13.2. The summed E-state index contributed by atoms with van der Waals surface area (Å²) < 4.78 is 0. The van der Waals surface area contributed by atoms with E-state index >= 15 is 0 Å². The molecule has 1 aromatic heterocycles. The maximum absolute atomic E-state index is 12.9. The number of imidazole rings is 1. The minimum absolute atomic E-state index is 0.104. The van der Waals surface area contributed by atoms with E-state index in [0.29, 0.717) is 12.8 Å². The minimum Gasteiger partial charge on any atom is -0.342 e. The van der Waals surface area contributed by atoms with Gasteiger partial charge in [-0.15, -0.1) is 0 Å². The van der Waals surface area contributed by atoms with Gasteiger partial charge in [-0.05, 0) is 29.7 Å². The molecule has 1 aliphatic rings. The number of fused-ring (bicyclic) bond motifs is 1. The van der Waals surface area contributed by atoms with E-state index in [9.17, 15) is 4.79 Å². The summed E-state index contributed by atoms with van der Waals surface area (Å²) in [6, 6.07) is 16.7. The van der Waals surface area contributed by atoms with Crippen LogP contribution in [0.15, 0.2) is 48.5 Å². The Morgan fingerprint density at radius 1 is 1.19 bits per heavy atom. The van der Waals surface area contributed by atoms with Gasteiger partial charge in [-0.2, -0.15) is 0 Å². The van der Waals surface area contributed by atoms with E-state index in [2.05, 4.69) is 46.5 Å². The fraction of sp³-hybridized carbons (Fsp3) is 0.364. The van der Waals surface area contributed by atoms with Gasteiger partial charge in [0, 0.05) is 32.5 Å². The van der Waals surface area contributed by atoms with Crippen LogP contribution >= 0.6 is 0 Å². The SMILES string of the molecule is CCc1ccc(C2CNCCN2C(=O)CCc2nc3ccccc3[nH]2)cc1. The molecule has 1 unspecified atom stereocenters. The number of amides is 1. The van der Waals surface area contributed by atoms with Crippen LogP contribution in [0.25, 0.3) is 11.0 Å². The topological polar surface area (TPSA) is 61.0 Å². The van der Waals surface area contributed by atoms with Gasteiger partial charge in [-0.25, -0.2) is 4.98 Å². The normalized spacial score (nSPS) is 17.4. The van der Waals surface area contributed by atoms with Crippen molar-refractivity contribution in [3.05, 3.63) is 65.5 Å². The van der Waals surface area contributed by atoms with Crippen LogP contribution in [-0.2, 0) is 17.6 Å². The number of aryl methyl sites for hydroxylation is 2. The van der Waals surface area contributed by atoms with E-state index in [-0.39, 0.29) is 11.9 Å². The third-order valence-corrected chi connectivity index (χ3v) is 5.35. The van der Waals surface area contributed by atoms with Crippen molar-refractivity contribution in [2.45, 2.75) is 32.2 Å². The van der Waals surface area contributed by atoms with Crippen LogP contribution in [-0.4, -0.2) is 40.4 Å². The molecule has 0 bridgehead atoms. The molecule has 0 saturated carbocycles. The zero-order valence-corrected chi connectivity index (χ0v) is 15.7. The lowest BCUT2D eigenvalue weighted by Gasteiger charge is -2.36. The second kappa shape index (κ2) is 7.92. The molecule has 140 valence electrons. The van der Waals surface area contributed by atoms with Crippen molar-refractivity contribution >= 4 is 16.9 Å². The molecule has 1 saturated heterocycles. The van der Waals surface area contributed by atoms with Gasteiger partial charge >= 0.3 is 0 Å². The van der Waals surface area contributed by atoms with Crippen LogP contribution in [0.4, 0.5) is 0 Å². The number of hydrogen-bond donors (Lipinski definition) is 2. The molecule has 0 aliphatic carbocycles. The highest BCUT2D eigenvalue weighted by Crippen LogP contribution is 2.24. The Balaban J connectivity index is 1.45. The van der Waals surface area contributed by atoms with E-state index in [1.54, 1.807) is 0 Å². The standard InChI is InChI=1S/C22H26N4O/c1-2-16-7-9-17(10-8-16)20-15-23-13-14-26(20)22(27)12-11-21-24-18-5-3-4-6-19(18)25-21/h3-10,20,23H,2,11-15H2,1H3,(H,24,25). The Bertz CT molecular complexity index is 882. The van der Waals surface area contributed by atoms with E-state index in [1.165, 1.54) is 11.1 Å². The van der Waals surface area contributed by atoms with Gasteiger partial charge < -0.3 is 15.2 Å². The highest BCUT2D eigenvalue weighted by Gasteiger charge is 2.27. The van der Waals surface area contributed by atoms with Crippen molar-refractivity contribution in [2.24, 2.45) is 0 Å². The molecule has 5 heteroatoms. The molecule has 3 aromatic rings. The third-order valence-electron chi connectivity index (χ3n) is 5.35. The number of nitrogens with one attached hydrogen (secondary N) is 2. The molecule has 2 heterocycles. The summed E-state index contributed by atoms with van der Waals surface area (Å²) in [7, 11) is 0. The van der Waals surface area contributed by atoms with E-state index in [0.717, 1.165) is 42.9 Å². The smallest absolute Gasteiger partial charge is 0.223 e. The van der Waals surface area contributed by atoms with Gasteiger partial charge in [0.2, 0.25) is 5.91 Å². The second-order valence-corrected chi connectivity index (χ2v) is 7.10. The van der Waals surface area contributed by atoms with Crippen molar-refractivity contribution in [3.8, 4) is 0 Å². The summed E-state index contributed by atoms with van der Waals surface area (Å²) in [4.78, 5) is 22.9. The van der Waals surface area contributed by atoms with E-state index < -0.39 is 0 Å². The zero-order chi connectivity index (χ0) is 18.6. The maximum atomic E-state index is 12.9. The Kier molecular flexibility index (Phi) is 5.21. The summed E-state index contributed by atoms with van der Waals surface area (Å²) in [6.45, 7) is 4.56. The summed E-state index contributed by atoms with van der Waals surface area (Å²) in [5.74, 6) is 1.07. The summed E-state index contributed by atoms with van der Waals surface area (Å²) >= 11 is 0. The predicted molar refractivity (Wildman–Crippen MR) is 108 cm³/mol. The number of aromatic amines is 1. The first-order valence-corrected chi connectivity index (χ1v) is 9.77. The fourth-order valence-electron chi connectivity index (χ4n) is 3.77. The summed E-state index contributed by atoms with van der Waals surface area (Å²) in [5, 5.41) is 3.43. The van der Waals surface area contributed by atoms with Crippen LogP contribution in [0.3, 0.4) is 0 Å². The summed E-state index contributed by atoms with van der Waals surface area (Å²) in [5.41, 5.74) is 4.51. The molecular weight excluding hydrogens is 336 g/mol. The van der Waals surface area contributed by atoms with Gasteiger partial charge in [0.1, 0.15) is 5.82 Å². The molecule has 27 heavy (non-hydrogen) atoms. The minimum atomic E-state index is 0.104. The molecular formula is C22H26N4O. The number of nitrogens with zero attached hydrogens (tertiary/aromatic N) is 2. The quantitative estimate of drug-likeness (QED) is 0.732. The van der Waals surface area contributed by atoms with Gasteiger partial charge in [0.15, 0.2) is 0 Å². The predicted octanol–water partition coefficient (Wildman–Crippen LogP) is 3.23. The number of hydrogen-bond acceptors (Lipinski definition) is 3. The molecule has 1 atom stereocenters. The average molecular weight is 362 g/mol. The number of aromatic nitrogens is 2.